The topological polar surface area (TPSA) is 34.9 Å². The molecule has 1 fully saturated rings. The summed E-state index contributed by atoms with van der Waals surface area (Å²) in [6.45, 7) is 2.01. The molecule has 1 atom stereocenters. The van der Waals surface area contributed by atoms with E-state index in [1.807, 2.05) is 20.2 Å². The van der Waals surface area contributed by atoms with Crippen LogP contribution >= 0.6 is 0 Å². The van der Waals surface area contributed by atoms with Crippen molar-refractivity contribution < 1.29 is 4.79 Å². The van der Waals surface area contributed by atoms with Crippen LogP contribution < -0.4 is 0 Å². The molecule has 1 saturated carbocycles. The van der Waals surface area contributed by atoms with Crippen molar-refractivity contribution in [1.29, 1.82) is 0 Å². The number of hydrogen-bond donors (Lipinski definition) is 0. The summed E-state index contributed by atoms with van der Waals surface area (Å²) < 4.78 is 1.67. The first-order chi connectivity index (χ1) is 6.18. The maximum atomic E-state index is 11.8. The molecule has 13 heavy (non-hydrogen) atoms. The van der Waals surface area contributed by atoms with Crippen LogP contribution in [0, 0.1) is 11.8 Å². The van der Waals surface area contributed by atoms with Crippen LogP contribution in [0.2, 0.25) is 0 Å². The predicted octanol–water partition coefficient (Wildman–Crippen LogP) is 1.65. The summed E-state index contributed by atoms with van der Waals surface area (Å²) in [5, 5.41) is 4.11. The van der Waals surface area contributed by atoms with Crippen LogP contribution in [0.15, 0.2) is 12.3 Å². The third kappa shape index (κ3) is 1.64. The third-order valence-corrected chi connectivity index (χ3v) is 2.71. The van der Waals surface area contributed by atoms with Gasteiger partial charge in [-0.05, 0) is 24.8 Å². The van der Waals surface area contributed by atoms with Gasteiger partial charge in [0.1, 0.15) is 5.69 Å². The Morgan fingerprint density at radius 1 is 1.69 bits per heavy atom. The lowest BCUT2D eigenvalue weighted by atomic mass is 9.99. The van der Waals surface area contributed by atoms with E-state index in [0.717, 1.165) is 0 Å². The molecule has 0 saturated heterocycles. The molecule has 70 valence electrons. The molecule has 3 heteroatoms. The Labute approximate surface area is 77.7 Å². The van der Waals surface area contributed by atoms with Gasteiger partial charge in [-0.15, -0.1) is 0 Å². The van der Waals surface area contributed by atoms with Crippen molar-refractivity contribution in [2.45, 2.75) is 19.8 Å². The van der Waals surface area contributed by atoms with Gasteiger partial charge in [0, 0.05) is 19.2 Å². The van der Waals surface area contributed by atoms with Crippen LogP contribution in [0.1, 0.15) is 30.3 Å². The second kappa shape index (κ2) is 2.98. The Morgan fingerprint density at radius 3 is 2.85 bits per heavy atom. The molecular formula is C10H14N2O. The maximum Gasteiger partial charge on any atom is 0.186 e. The Morgan fingerprint density at radius 2 is 2.38 bits per heavy atom. The van der Waals surface area contributed by atoms with Crippen molar-refractivity contribution in [1.82, 2.24) is 9.78 Å². The number of Topliss-reactive ketones (excluding diaryl/α,β-unsaturated/α-hetero) is 1. The number of nitrogens with zero attached hydrogens (tertiary/aromatic N) is 2. The lowest BCUT2D eigenvalue weighted by Gasteiger charge is -2.05. The summed E-state index contributed by atoms with van der Waals surface area (Å²) in [4.78, 5) is 11.8. The minimum absolute atomic E-state index is 0.162. The van der Waals surface area contributed by atoms with Crippen LogP contribution in [0.3, 0.4) is 0 Å². The molecule has 1 aliphatic carbocycles. The maximum absolute atomic E-state index is 11.8. The Bertz CT molecular complexity index is 325. The van der Waals surface area contributed by atoms with Gasteiger partial charge in [0.2, 0.25) is 0 Å². The predicted molar refractivity (Wildman–Crippen MR) is 49.4 cm³/mol. The summed E-state index contributed by atoms with van der Waals surface area (Å²) in [5.41, 5.74) is 0.613. The number of rotatable bonds is 3. The van der Waals surface area contributed by atoms with Gasteiger partial charge in [0.05, 0.1) is 0 Å². The number of aromatic nitrogens is 2. The van der Waals surface area contributed by atoms with Gasteiger partial charge in [-0.25, -0.2) is 0 Å². The summed E-state index contributed by atoms with van der Waals surface area (Å²) >= 11 is 0. The molecule has 0 aliphatic heterocycles. The average molecular weight is 178 g/mol. The van der Waals surface area contributed by atoms with Gasteiger partial charge in [-0.2, -0.15) is 5.10 Å². The smallest absolute Gasteiger partial charge is 0.186 e. The molecule has 1 unspecified atom stereocenters. The first-order valence-electron chi connectivity index (χ1n) is 4.72. The molecule has 0 bridgehead atoms. The van der Waals surface area contributed by atoms with Crippen molar-refractivity contribution >= 4 is 5.78 Å². The zero-order chi connectivity index (χ0) is 9.42. The SMILES string of the molecule is CC(C(=O)c1ccn(C)n1)C1CC1. The van der Waals surface area contributed by atoms with Crippen molar-refractivity contribution in [2.24, 2.45) is 18.9 Å². The highest BCUT2D eigenvalue weighted by atomic mass is 16.1. The van der Waals surface area contributed by atoms with Crippen molar-refractivity contribution in [2.75, 3.05) is 0 Å². The fraction of sp³-hybridized carbons (Fsp3) is 0.600. The monoisotopic (exact) mass is 178 g/mol. The molecule has 0 amide bonds. The van der Waals surface area contributed by atoms with E-state index in [1.165, 1.54) is 12.8 Å². The highest BCUT2D eigenvalue weighted by molar-refractivity contribution is 5.96. The van der Waals surface area contributed by atoms with Crippen molar-refractivity contribution in [3.63, 3.8) is 0 Å². The van der Waals surface area contributed by atoms with E-state index in [4.69, 9.17) is 0 Å². The second-order valence-corrected chi connectivity index (χ2v) is 3.87. The molecule has 1 heterocycles. The number of ketones is 1. The van der Waals surface area contributed by atoms with Crippen molar-refractivity contribution in [3.05, 3.63) is 18.0 Å². The van der Waals surface area contributed by atoms with Gasteiger partial charge in [0.15, 0.2) is 5.78 Å². The van der Waals surface area contributed by atoms with Crippen LogP contribution in [0.4, 0.5) is 0 Å². The van der Waals surface area contributed by atoms with Gasteiger partial charge >= 0.3 is 0 Å². The van der Waals surface area contributed by atoms with Crippen LogP contribution in [0.5, 0.6) is 0 Å². The molecule has 2 rings (SSSR count). The zero-order valence-corrected chi connectivity index (χ0v) is 8.03. The summed E-state index contributed by atoms with van der Waals surface area (Å²) in [7, 11) is 1.83. The average Bonchev–Trinajstić information content (AvgIpc) is 2.87. The van der Waals surface area contributed by atoms with E-state index < -0.39 is 0 Å². The minimum Gasteiger partial charge on any atom is -0.292 e. The molecule has 3 nitrogen and oxygen atoms in total. The van der Waals surface area contributed by atoms with E-state index in [2.05, 4.69) is 5.10 Å². The highest BCUT2D eigenvalue weighted by Crippen LogP contribution is 2.37. The number of hydrogen-bond acceptors (Lipinski definition) is 2. The highest BCUT2D eigenvalue weighted by Gasteiger charge is 2.33. The normalized spacial score (nSPS) is 18.6. The van der Waals surface area contributed by atoms with E-state index in [-0.39, 0.29) is 11.7 Å². The second-order valence-electron chi connectivity index (χ2n) is 3.87. The Kier molecular flexibility index (Phi) is 1.94. The lowest BCUT2D eigenvalue weighted by Crippen LogP contribution is -2.14. The lowest BCUT2D eigenvalue weighted by molar-refractivity contribution is 0.0910. The van der Waals surface area contributed by atoms with E-state index >= 15 is 0 Å². The third-order valence-electron chi connectivity index (χ3n) is 2.71. The van der Waals surface area contributed by atoms with Gasteiger partial charge in [0.25, 0.3) is 0 Å². The summed E-state index contributed by atoms with van der Waals surface area (Å²) in [6, 6.07) is 1.79. The number of aryl methyl sites for hydroxylation is 1. The molecule has 0 spiro atoms. The van der Waals surface area contributed by atoms with E-state index in [1.54, 1.807) is 10.7 Å². The zero-order valence-electron chi connectivity index (χ0n) is 8.03. The minimum atomic E-state index is 0.162. The number of carbonyl (C=O) groups is 1. The molecule has 1 aromatic heterocycles. The van der Waals surface area contributed by atoms with Gasteiger partial charge < -0.3 is 0 Å². The van der Waals surface area contributed by atoms with Gasteiger partial charge in [-0.3, -0.25) is 9.48 Å². The fourth-order valence-electron chi connectivity index (χ4n) is 1.59. The van der Waals surface area contributed by atoms with Crippen LogP contribution in [-0.2, 0) is 7.05 Å². The summed E-state index contributed by atoms with van der Waals surface area (Å²) in [6.07, 6.45) is 4.23. The fourth-order valence-corrected chi connectivity index (χ4v) is 1.59. The van der Waals surface area contributed by atoms with Gasteiger partial charge in [-0.1, -0.05) is 6.92 Å². The van der Waals surface area contributed by atoms with Crippen LogP contribution in [0.25, 0.3) is 0 Å². The molecule has 1 aromatic rings. The molecule has 1 aliphatic rings. The first-order valence-corrected chi connectivity index (χ1v) is 4.72. The summed E-state index contributed by atoms with van der Waals surface area (Å²) in [5.74, 6) is 0.979. The standard InChI is InChI=1S/C10H14N2O/c1-7(8-3-4-8)10(13)9-5-6-12(2)11-9/h5-8H,3-4H2,1-2H3. The quantitative estimate of drug-likeness (QED) is 0.659. The molecule has 0 radical (unpaired) electrons. The largest absolute Gasteiger partial charge is 0.292 e. The molecule has 0 N–H and O–H groups in total. The van der Waals surface area contributed by atoms with Crippen molar-refractivity contribution in [3.8, 4) is 0 Å². The molecular weight excluding hydrogens is 164 g/mol. The Balaban J connectivity index is 2.11. The Hall–Kier alpha value is -1.12. The number of carbonyl (C=O) groups excluding carboxylic acids is 1. The van der Waals surface area contributed by atoms with Crippen LogP contribution in [-0.4, -0.2) is 15.6 Å². The van der Waals surface area contributed by atoms with E-state index in [0.29, 0.717) is 11.6 Å². The molecule has 0 aromatic carbocycles. The van der Waals surface area contributed by atoms with E-state index in [9.17, 15) is 4.79 Å². The first kappa shape index (κ1) is 8.48.